The lowest BCUT2D eigenvalue weighted by atomic mass is 9.89. The summed E-state index contributed by atoms with van der Waals surface area (Å²) >= 11 is 0. The number of ether oxygens (including phenoxy) is 1. The third-order valence-corrected chi connectivity index (χ3v) is 5.71. The molecular formula is C19H26ClFN2O2. The fourth-order valence-corrected chi connectivity index (χ4v) is 4.52. The first-order valence-electron chi connectivity index (χ1n) is 9.09. The number of fused-ring (bicyclic) bond motifs is 2. The third kappa shape index (κ3) is 4.15. The number of amides is 1. The number of morpholine rings is 1. The van der Waals surface area contributed by atoms with Gasteiger partial charge in [-0.1, -0.05) is 18.2 Å². The first kappa shape index (κ1) is 18.6. The van der Waals surface area contributed by atoms with Crippen molar-refractivity contribution in [1.82, 2.24) is 10.2 Å². The minimum absolute atomic E-state index is 0. The Morgan fingerprint density at radius 1 is 1.24 bits per heavy atom. The molecule has 0 spiro atoms. The minimum atomic E-state index is -0.354. The lowest BCUT2D eigenvalue weighted by molar-refractivity contribution is -0.140. The van der Waals surface area contributed by atoms with E-state index in [-0.39, 0.29) is 30.2 Å². The van der Waals surface area contributed by atoms with Crippen LogP contribution in [0, 0.1) is 11.7 Å². The van der Waals surface area contributed by atoms with Gasteiger partial charge in [0.1, 0.15) is 11.9 Å². The Kier molecular flexibility index (Phi) is 5.97. The predicted octanol–water partition coefficient (Wildman–Crippen LogP) is 3.07. The molecule has 1 N–H and O–H groups in total. The smallest absolute Gasteiger partial charge is 0.223 e. The van der Waals surface area contributed by atoms with Gasteiger partial charge in [0.15, 0.2) is 0 Å². The van der Waals surface area contributed by atoms with Gasteiger partial charge in [0.05, 0.1) is 13.2 Å². The van der Waals surface area contributed by atoms with Crippen LogP contribution in [0.1, 0.15) is 43.8 Å². The van der Waals surface area contributed by atoms with Crippen molar-refractivity contribution in [3.63, 3.8) is 0 Å². The molecule has 0 aliphatic carbocycles. The van der Waals surface area contributed by atoms with Crippen LogP contribution < -0.4 is 5.32 Å². The first-order chi connectivity index (χ1) is 11.7. The molecule has 4 nitrogen and oxygen atoms in total. The van der Waals surface area contributed by atoms with Gasteiger partial charge in [-0.3, -0.25) is 4.79 Å². The van der Waals surface area contributed by atoms with Crippen LogP contribution in [0.2, 0.25) is 0 Å². The van der Waals surface area contributed by atoms with Crippen molar-refractivity contribution in [2.24, 2.45) is 5.92 Å². The van der Waals surface area contributed by atoms with Crippen molar-refractivity contribution >= 4 is 18.3 Å². The summed E-state index contributed by atoms with van der Waals surface area (Å²) in [5.41, 5.74) is 0.551. The average Bonchev–Trinajstić information content (AvgIpc) is 2.94. The van der Waals surface area contributed by atoms with Gasteiger partial charge in [-0.05, 0) is 37.7 Å². The summed E-state index contributed by atoms with van der Waals surface area (Å²) in [5, 5.41) is 3.62. The molecule has 1 aromatic carbocycles. The Balaban J connectivity index is 0.00000182. The number of carbonyl (C=O) groups excluding carboxylic acids is 1. The SMILES string of the molecule is Cl.O=C(CC1CC2CCC(C1)N2)N1CCOC(c2ccccc2F)C1. The zero-order valence-electron chi connectivity index (χ0n) is 14.3. The summed E-state index contributed by atoms with van der Waals surface area (Å²) in [6.07, 6.45) is 5.00. The topological polar surface area (TPSA) is 41.6 Å². The Hall–Kier alpha value is -1.17. The second-order valence-electron chi connectivity index (χ2n) is 7.40. The van der Waals surface area contributed by atoms with Gasteiger partial charge in [0.25, 0.3) is 0 Å². The molecule has 1 aromatic rings. The highest BCUT2D eigenvalue weighted by molar-refractivity contribution is 5.85. The van der Waals surface area contributed by atoms with E-state index in [1.807, 2.05) is 11.0 Å². The lowest BCUT2D eigenvalue weighted by Crippen LogP contribution is -2.44. The molecule has 0 saturated carbocycles. The number of rotatable bonds is 3. The number of carbonyl (C=O) groups is 1. The first-order valence-corrected chi connectivity index (χ1v) is 9.09. The van der Waals surface area contributed by atoms with E-state index in [1.54, 1.807) is 12.1 Å². The predicted molar refractivity (Wildman–Crippen MR) is 96.2 cm³/mol. The normalized spacial score (nSPS) is 31.5. The second kappa shape index (κ2) is 8.02. The van der Waals surface area contributed by atoms with Gasteiger partial charge in [-0.2, -0.15) is 0 Å². The maximum atomic E-state index is 14.0. The summed E-state index contributed by atoms with van der Waals surface area (Å²) < 4.78 is 19.7. The molecule has 3 saturated heterocycles. The van der Waals surface area contributed by atoms with Gasteiger partial charge >= 0.3 is 0 Å². The summed E-state index contributed by atoms with van der Waals surface area (Å²) in [6, 6.07) is 7.90. The molecule has 2 bridgehead atoms. The van der Waals surface area contributed by atoms with Crippen LogP contribution in [-0.4, -0.2) is 42.6 Å². The lowest BCUT2D eigenvalue weighted by Gasteiger charge is -2.35. The number of hydrogen-bond acceptors (Lipinski definition) is 3. The van der Waals surface area contributed by atoms with Crippen LogP contribution in [0.3, 0.4) is 0 Å². The van der Waals surface area contributed by atoms with Crippen molar-refractivity contribution in [2.75, 3.05) is 19.7 Å². The highest BCUT2D eigenvalue weighted by atomic mass is 35.5. The number of hydrogen-bond donors (Lipinski definition) is 1. The molecule has 3 aliphatic rings. The molecule has 6 heteroatoms. The van der Waals surface area contributed by atoms with E-state index in [2.05, 4.69) is 5.32 Å². The fourth-order valence-electron chi connectivity index (χ4n) is 4.52. The molecule has 138 valence electrons. The van der Waals surface area contributed by atoms with E-state index >= 15 is 0 Å². The molecule has 3 atom stereocenters. The summed E-state index contributed by atoms with van der Waals surface area (Å²) in [6.45, 7) is 1.54. The molecule has 3 aliphatic heterocycles. The molecule has 1 amide bonds. The number of halogens is 2. The van der Waals surface area contributed by atoms with Gasteiger partial charge in [0.2, 0.25) is 5.91 Å². The number of benzene rings is 1. The van der Waals surface area contributed by atoms with Crippen molar-refractivity contribution < 1.29 is 13.9 Å². The van der Waals surface area contributed by atoms with E-state index < -0.39 is 0 Å². The van der Waals surface area contributed by atoms with Crippen LogP contribution in [-0.2, 0) is 9.53 Å². The van der Waals surface area contributed by atoms with Crippen LogP contribution in [0.25, 0.3) is 0 Å². The van der Waals surface area contributed by atoms with Crippen LogP contribution in [0.4, 0.5) is 4.39 Å². The molecule has 0 aromatic heterocycles. The number of piperidine rings is 1. The minimum Gasteiger partial charge on any atom is -0.370 e. The quantitative estimate of drug-likeness (QED) is 0.891. The van der Waals surface area contributed by atoms with Crippen LogP contribution in [0.5, 0.6) is 0 Å². The van der Waals surface area contributed by atoms with E-state index in [4.69, 9.17) is 4.74 Å². The standard InChI is InChI=1S/C19H25FN2O2.ClH/c20-17-4-2-1-3-16(17)18-12-22(7-8-24-18)19(23)11-13-9-14-5-6-15(10-13)21-14;/h1-4,13-15,18,21H,5-12H2;1H. The van der Waals surface area contributed by atoms with E-state index in [0.29, 0.717) is 49.7 Å². The van der Waals surface area contributed by atoms with Crippen molar-refractivity contribution in [3.05, 3.63) is 35.6 Å². The van der Waals surface area contributed by atoms with Crippen molar-refractivity contribution in [3.8, 4) is 0 Å². The molecule has 3 unspecified atom stereocenters. The average molecular weight is 369 g/mol. The maximum Gasteiger partial charge on any atom is 0.223 e. The van der Waals surface area contributed by atoms with Crippen LogP contribution in [0.15, 0.2) is 24.3 Å². The second-order valence-corrected chi connectivity index (χ2v) is 7.40. The molecule has 25 heavy (non-hydrogen) atoms. The Morgan fingerprint density at radius 3 is 2.68 bits per heavy atom. The molecule has 4 rings (SSSR count). The largest absolute Gasteiger partial charge is 0.370 e. The van der Waals surface area contributed by atoms with Gasteiger partial charge in [0, 0.05) is 30.6 Å². The zero-order valence-corrected chi connectivity index (χ0v) is 15.1. The summed E-state index contributed by atoms with van der Waals surface area (Å²) in [5.74, 6) is 0.434. The number of nitrogens with one attached hydrogen (secondary N) is 1. The van der Waals surface area contributed by atoms with Crippen molar-refractivity contribution in [1.29, 1.82) is 0 Å². The Morgan fingerprint density at radius 2 is 1.96 bits per heavy atom. The van der Waals surface area contributed by atoms with E-state index in [0.717, 1.165) is 12.8 Å². The fraction of sp³-hybridized carbons (Fsp3) is 0.632. The molecule has 3 heterocycles. The zero-order chi connectivity index (χ0) is 16.5. The highest BCUT2D eigenvalue weighted by Gasteiger charge is 2.35. The van der Waals surface area contributed by atoms with Gasteiger partial charge in [-0.25, -0.2) is 4.39 Å². The van der Waals surface area contributed by atoms with E-state index in [9.17, 15) is 9.18 Å². The molecular weight excluding hydrogens is 343 g/mol. The van der Waals surface area contributed by atoms with Gasteiger partial charge in [-0.15, -0.1) is 12.4 Å². The highest BCUT2D eigenvalue weighted by Crippen LogP contribution is 2.33. The monoisotopic (exact) mass is 368 g/mol. The summed E-state index contributed by atoms with van der Waals surface area (Å²) in [4.78, 5) is 14.6. The third-order valence-electron chi connectivity index (χ3n) is 5.71. The van der Waals surface area contributed by atoms with Crippen LogP contribution >= 0.6 is 12.4 Å². The Labute approximate surface area is 154 Å². The molecule has 0 radical (unpaired) electrons. The maximum absolute atomic E-state index is 14.0. The Bertz CT molecular complexity index is 603. The van der Waals surface area contributed by atoms with Gasteiger partial charge < -0.3 is 15.0 Å². The van der Waals surface area contributed by atoms with Crippen molar-refractivity contribution in [2.45, 2.75) is 50.3 Å². The molecule has 3 fully saturated rings. The summed E-state index contributed by atoms with van der Waals surface area (Å²) in [7, 11) is 0. The van der Waals surface area contributed by atoms with E-state index in [1.165, 1.54) is 18.9 Å². The number of nitrogens with zero attached hydrogens (tertiary/aromatic N) is 1.